The van der Waals surface area contributed by atoms with E-state index in [0.717, 1.165) is 39.5 Å². The molecule has 0 saturated heterocycles. The molecule has 8 heteroatoms. The summed E-state index contributed by atoms with van der Waals surface area (Å²) in [6, 6.07) is 13.9. The van der Waals surface area contributed by atoms with Crippen molar-refractivity contribution in [3.8, 4) is 22.6 Å². The highest BCUT2D eigenvalue weighted by Crippen LogP contribution is 2.32. The number of rotatable bonds is 8. The zero-order valence-corrected chi connectivity index (χ0v) is 19.4. The third-order valence-corrected chi connectivity index (χ3v) is 5.38. The standard InChI is InChI=1S/C25H28N6O2/c1-17-5-8-20(15-27-17)25-22(23-13-18(2)29-33-23)16-28-31(25)12-11-26-24(32)14-19-6-9-21(10-7-19)30(3)4/h5-10,13,15-16H,11-12,14H2,1-4H3,(H,26,32). The highest BCUT2D eigenvalue weighted by Gasteiger charge is 2.18. The fourth-order valence-corrected chi connectivity index (χ4v) is 3.60. The van der Waals surface area contributed by atoms with E-state index in [9.17, 15) is 4.79 Å². The molecule has 3 aromatic heterocycles. The lowest BCUT2D eigenvalue weighted by Crippen LogP contribution is -2.29. The van der Waals surface area contributed by atoms with Crippen molar-refractivity contribution in [3.63, 3.8) is 0 Å². The van der Waals surface area contributed by atoms with Gasteiger partial charge in [-0.2, -0.15) is 5.10 Å². The summed E-state index contributed by atoms with van der Waals surface area (Å²) in [5.41, 5.74) is 6.47. The molecule has 0 atom stereocenters. The largest absolute Gasteiger partial charge is 0.378 e. The average molecular weight is 445 g/mol. The van der Waals surface area contributed by atoms with Crippen LogP contribution in [0, 0.1) is 13.8 Å². The second kappa shape index (κ2) is 9.68. The first-order valence-electron chi connectivity index (χ1n) is 10.9. The van der Waals surface area contributed by atoms with Gasteiger partial charge in [-0.05, 0) is 43.7 Å². The molecule has 1 amide bonds. The van der Waals surface area contributed by atoms with E-state index < -0.39 is 0 Å². The second-order valence-corrected chi connectivity index (χ2v) is 8.24. The number of anilines is 1. The number of carbonyl (C=O) groups is 1. The Morgan fingerprint density at radius 3 is 2.48 bits per heavy atom. The van der Waals surface area contributed by atoms with E-state index in [1.54, 1.807) is 6.20 Å². The lowest BCUT2D eigenvalue weighted by Gasteiger charge is -2.13. The number of aromatic nitrogens is 4. The van der Waals surface area contributed by atoms with Gasteiger partial charge >= 0.3 is 0 Å². The van der Waals surface area contributed by atoms with Crippen LogP contribution in [0.2, 0.25) is 0 Å². The molecule has 0 fully saturated rings. The molecule has 4 aromatic rings. The van der Waals surface area contributed by atoms with Crippen molar-refractivity contribution in [2.75, 3.05) is 25.5 Å². The van der Waals surface area contributed by atoms with Crippen LogP contribution in [-0.4, -0.2) is 46.5 Å². The van der Waals surface area contributed by atoms with Gasteiger partial charge in [-0.3, -0.25) is 14.5 Å². The molecular weight excluding hydrogens is 416 g/mol. The summed E-state index contributed by atoms with van der Waals surface area (Å²) < 4.78 is 7.35. The van der Waals surface area contributed by atoms with E-state index in [1.807, 2.05) is 86.2 Å². The highest BCUT2D eigenvalue weighted by atomic mass is 16.5. The number of nitrogens with one attached hydrogen (secondary N) is 1. The van der Waals surface area contributed by atoms with E-state index in [0.29, 0.717) is 25.3 Å². The quantitative estimate of drug-likeness (QED) is 0.446. The van der Waals surface area contributed by atoms with Gasteiger partial charge in [-0.1, -0.05) is 17.3 Å². The zero-order chi connectivity index (χ0) is 23.4. The summed E-state index contributed by atoms with van der Waals surface area (Å²) in [6.45, 7) is 4.80. The van der Waals surface area contributed by atoms with Gasteiger partial charge in [0.1, 0.15) is 0 Å². The van der Waals surface area contributed by atoms with Crippen LogP contribution in [0.1, 0.15) is 17.0 Å². The van der Waals surface area contributed by atoms with E-state index in [-0.39, 0.29) is 5.91 Å². The Morgan fingerprint density at radius 1 is 1.06 bits per heavy atom. The minimum Gasteiger partial charge on any atom is -0.378 e. The number of aryl methyl sites for hydroxylation is 2. The molecule has 1 N–H and O–H groups in total. The molecule has 3 heterocycles. The van der Waals surface area contributed by atoms with Crippen LogP contribution < -0.4 is 10.2 Å². The maximum atomic E-state index is 12.5. The molecule has 0 aliphatic carbocycles. The molecule has 8 nitrogen and oxygen atoms in total. The van der Waals surface area contributed by atoms with Gasteiger partial charge in [0.15, 0.2) is 5.76 Å². The van der Waals surface area contributed by atoms with Crippen LogP contribution >= 0.6 is 0 Å². The Hall–Kier alpha value is -3.94. The summed E-state index contributed by atoms with van der Waals surface area (Å²) in [5, 5.41) is 11.6. The molecule has 0 spiro atoms. The Kier molecular flexibility index (Phi) is 6.53. The minimum absolute atomic E-state index is 0.0237. The fourth-order valence-electron chi connectivity index (χ4n) is 3.60. The third-order valence-electron chi connectivity index (χ3n) is 5.38. The molecular formula is C25H28N6O2. The average Bonchev–Trinajstić information content (AvgIpc) is 3.41. The smallest absolute Gasteiger partial charge is 0.224 e. The van der Waals surface area contributed by atoms with Crippen molar-refractivity contribution in [1.82, 2.24) is 25.2 Å². The van der Waals surface area contributed by atoms with Crippen LogP contribution in [0.5, 0.6) is 0 Å². The number of carbonyl (C=O) groups excluding carboxylic acids is 1. The fraction of sp³-hybridized carbons (Fsp3) is 0.280. The van der Waals surface area contributed by atoms with Crippen molar-refractivity contribution in [2.45, 2.75) is 26.8 Å². The third kappa shape index (κ3) is 5.28. The van der Waals surface area contributed by atoms with E-state index >= 15 is 0 Å². The maximum absolute atomic E-state index is 12.5. The van der Waals surface area contributed by atoms with Crippen LogP contribution in [0.25, 0.3) is 22.6 Å². The van der Waals surface area contributed by atoms with Gasteiger partial charge in [0, 0.05) is 49.8 Å². The van der Waals surface area contributed by atoms with Crippen molar-refractivity contribution in [1.29, 1.82) is 0 Å². The highest BCUT2D eigenvalue weighted by molar-refractivity contribution is 5.79. The molecule has 0 saturated carbocycles. The second-order valence-electron chi connectivity index (χ2n) is 8.24. The maximum Gasteiger partial charge on any atom is 0.224 e. The van der Waals surface area contributed by atoms with E-state index in [2.05, 4.69) is 20.6 Å². The van der Waals surface area contributed by atoms with E-state index in [1.165, 1.54) is 0 Å². The first-order valence-corrected chi connectivity index (χ1v) is 10.9. The molecule has 0 bridgehead atoms. The number of hydrogen-bond donors (Lipinski definition) is 1. The van der Waals surface area contributed by atoms with Crippen molar-refractivity contribution >= 4 is 11.6 Å². The van der Waals surface area contributed by atoms with Crippen LogP contribution in [0.4, 0.5) is 5.69 Å². The van der Waals surface area contributed by atoms with Crippen molar-refractivity contribution < 1.29 is 9.32 Å². The molecule has 0 aliphatic heterocycles. The molecule has 33 heavy (non-hydrogen) atoms. The predicted octanol–water partition coefficient (Wildman–Crippen LogP) is 3.64. The van der Waals surface area contributed by atoms with Gasteiger partial charge in [0.05, 0.1) is 36.1 Å². The lowest BCUT2D eigenvalue weighted by molar-refractivity contribution is -0.120. The molecule has 1 aromatic carbocycles. The molecule has 4 rings (SSSR count). The van der Waals surface area contributed by atoms with Gasteiger partial charge in [-0.15, -0.1) is 0 Å². The van der Waals surface area contributed by atoms with Crippen molar-refractivity contribution in [3.05, 3.63) is 71.8 Å². The van der Waals surface area contributed by atoms with Crippen LogP contribution in [0.3, 0.4) is 0 Å². The van der Waals surface area contributed by atoms with Crippen LogP contribution in [0.15, 0.2) is 59.4 Å². The SMILES string of the molecule is Cc1ccc(-c2c(-c3cc(C)no3)cnn2CCNC(=O)Cc2ccc(N(C)C)cc2)cn1. The number of pyridine rings is 1. The number of benzene rings is 1. The van der Waals surface area contributed by atoms with Crippen molar-refractivity contribution in [2.24, 2.45) is 0 Å². The molecule has 170 valence electrons. The Balaban J connectivity index is 1.46. The summed E-state index contributed by atoms with van der Waals surface area (Å²) >= 11 is 0. The number of nitrogens with zero attached hydrogens (tertiary/aromatic N) is 5. The number of amides is 1. The Labute approximate surface area is 193 Å². The molecule has 0 radical (unpaired) electrons. The summed E-state index contributed by atoms with van der Waals surface area (Å²) in [5.74, 6) is 0.629. The van der Waals surface area contributed by atoms with Crippen LogP contribution in [-0.2, 0) is 17.8 Å². The first kappa shape index (κ1) is 22.3. The topological polar surface area (TPSA) is 89.1 Å². The summed E-state index contributed by atoms with van der Waals surface area (Å²) in [7, 11) is 3.99. The summed E-state index contributed by atoms with van der Waals surface area (Å²) in [6.07, 6.45) is 3.93. The van der Waals surface area contributed by atoms with E-state index in [4.69, 9.17) is 4.52 Å². The molecule has 0 aliphatic rings. The number of hydrogen-bond acceptors (Lipinski definition) is 6. The summed E-state index contributed by atoms with van der Waals surface area (Å²) in [4.78, 5) is 18.9. The normalized spacial score (nSPS) is 10.9. The van der Waals surface area contributed by atoms with Gasteiger partial charge in [0.25, 0.3) is 0 Å². The zero-order valence-electron chi connectivity index (χ0n) is 19.4. The van der Waals surface area contributed by atoms with Gasteiger partial charge in [0.2, 0.25) is 5.91 Å². The lowest BCUT2D eigenvalue weighted by atomic mass is 10.1. The Morgan fingerprint density at radius 2 is 1.85 bits per heavy atom. The predicted molar refractivity (Wildman–Crippen MR) is 128 cm³/mol. The minimum atomic E-state index is -0.0237. The molecule has 0 unspecified atom stereocenters. The van der Waals surface area contributed by atoms with Gasteiger partial charge < -0.3 is 14.7 Å². The first-order chi connectivity index (χ1) is 15.9. The Bertz CT molecular complexity index is 1220. The monoisotopic (exact) mass is 444 g/mol. The van der Waals surface area contributed by atoms with Gasteiger partial charge in [-0.25, -0.2) is 0 Å².